The number of pyridine rings is 1. The molecule has 1 aliphatic rings. The molecule has 6 heteroatoms. The third-order valence-corrected chi connectivity index (χ3v) is 3.83. The molecule has 2 heterocycles. The normalized spacial score (nSPS) is 16.4. The van der Waals surface area contributed by atoms with E-state index in [2.05, 4.69) is 15.6 Å². The summed E-state index contributed by atoms with van der Waals surface area (Å²) in [5.41, 5.74) is 2.37. The number of carbonyl (C=O) groups excluding carboxylic acids is 1. The van der Waals surface area contributed by atoms with E-state index >= 15 is 0 Å². The van der Waals surface area contributed by atoms with E-state index in [1.54, 1.807) is 36.5 Å². The molecule has 122 valence electrons. The van der Waals surface area contributed by atoms with Gasteiger partial charge in [0.05, 0.1) is 29.6 Å². The Balaban J connectivity index is 1.55. The van der Waals surface area contributed by atoms with E-state index in [9.17, 15) is 4.79 Å². The maximum absolute atomic E-state index is 12.2. The van der Waals surface area contributed by atoms with E-state index in [0.717, 1.165) is 31.7 Å². The Morgan fingerprint density at radius 1 is 1.25 bits per heavy atom. The molecule has 2 aromatic rings. The van der Waals surface area contributed by atoms with Crippen LogP contribution in [0, 0.1) is 11.3 Å². The molecule has 0 aliphatic carbocycles. The molecule has 1 atom stereocenters. The zero-order valence-corrected chi connectivity index (χ0v) is 13.2. The molecule has 1 aromatic heterocycles. The summed E-state index contributed by atoms with van der Waals surface area (Å²) in [6, 6.07) is 12.2. The highest BCUT2D eigenvalue weighted by Crippen LogP contribution is 2.14. The first-order chi connectivity index (χ1) is 11.7. The van der Waals surface area contributed by atoms with Gasteiger partial charge in [-0.2, -0.15) is 5.26 Å². The third-order valence-electron chi connectivity index (χ3n) is 3.83. The number of hydrogen-bond acceptors (Lipinski definition) is 5. The summed E-state index contributed by atoms with van der Waals surface area (Å²) in [6.07, 6.45) is 4.08. The average molecular weight is 322 g/mol. The fraction of sp³-hybridized carbons (Fsp3) is 0.278. The van der Waals surface area contributed by atoms with Crippen molar-refractivity contribution >= 4 is 17.3 Å². The average Bonchev–Trinajstić information content (AvgIpc) is 3.14. The van der Waals surface area contributed by atoms with Crippen molar-refractivity contribution in [1.29, 1.82) is 5.26 Å². The van der Waals surface area contributed by atoms with E-state index in [0.29, 0.717) is 16.9 Å². The van der Waals surface area contributed by atoms with Crippen LogP contribution in [-0.2, 0) is 4.74 Å². The van der Waals surface area contributed by atoms with E-state index in [1.165, 1.54) is 0 Å². The molecule has 0 radical (unpaired) electrons. The predicted octanol–water partition coefficient (Wildman–Crippen LogP) is 2.80. The summed E-state index contributed by atoms with van der Waals surface area (Å²) < 4.78 is 5.55. The Hall–Kier alpha value is -2.91. The molecule has 0 saturated carbocycles. The maximum atomic E-state index is 12.2. The standard InChI is InChI=1S/C18H18N4O2/c19-10-13-3-5-14(6-4-13)22-18(23)17-8-7-15(11-21-17)20-12-16-2-1-9-24-16/h3-8,11,16,20H,1-2,9,12H2,(H,22,23). The highest BCUT2D eigenvalue weighted by molar-refractivity contribution is 6.02. The number of carbonyl (C=O) groups is 1. The van der Waals surface area contributed by atoms with Crippen molar-refractivity contribution in [3.8, 4) is 6.07 Å². The quantitative estimate of drug-likeness (QED) is 0.884. The molecule has 1 aliphatic heterocycles. The SMILES string of the molecule is N#Cc1ccc(NC(=O)c2ccc(NCC3CCCO3)cn2)cc1. The van der Waals surface area contributed by atoms with Gasteiger partial charge in [0.25, 0.3) is 5.91 Å². The summed E-state index contributed by atoms with van der Waals surface area (Å²) in [7, 11) is 0. The molecule has 6 nitrogen and oxygen atoms in total. The number of nitrogens with zero attached hydrogens (tertiary/aromatic N) is 2. The van der Waals surface area contributed by atoms with Crippen molar-refractivity contribution < 1.29 is 9.53 Å². The number of amides is 1. The van der Waals surface area contributed by atoms with Crippen LogP contribution in [0.1, 0.15) is 28.9 Å². The first-order valence-corrected chi connectivity index (χ1v) is 7.87. The zero-order valence-electron chi connectivity index (χ0n) is 13.2. The summed E-state index contributed by atoms with van der Waals surface area (Å²) in [5, 5.41) is 14.8. The van der Waals surface area contributed by atoms with E-state index in [-0.39, 0.29) is 12.0 Å². The fourth-order valence-electron chi connectivity index (χ4n) is 2.49. The van der Waals surface area contributed by atoms with E-state index in [4.69, 9.17) is 10.00 Å². The van der Waals surface area contributed by atoms with Crippen LogP contribution in [0.25, 0.3) is 0 Å². The minimum Gasteiger partial charge on any atom is -0.381 e. The monoisotopic (exact) mass is 322 g/mol. The van der Waals surface area contributed by atoms with Crippen molar-refractivity contribution in [2.24, 2.45) is 0 Å². The number of hydrogen-bond donors (Lipinski definition) is 2. The van der Waals surface area contributed by atoms with Crippen LogP contribution in [0.15, 0.2) is 42.6 Å². The van der Waals surface area contributed by atoms with Gasteiger partial charge in [0.1, 0.15) is 5.69 Å². The summed E-state index contributed by atoms with van der Waals surface area (Å²) in [6.45, 7) is 1.58. The number of anilines is 2. The Kier molecular flexibility index (Phi) is 5.04. The van der Waals surface area contributed by atoms with Crippen molar-refractivity contribution in [2.45, 2.75) is 18.9 Å². The minimum absolute atomic E-state index is 0.254. The third kappa shape index (κ3) is 4.09. The smallest absolute Gasteiger partial charge is 0.274 e. The van der Waals surface area contributed by atoms with Gasteiger partial charge in [0, 0.05) is 18.8 Å². The molecule has 0 spiro atoms. The van der Waals surface area contributed by atoms with Gasteiger partial charge in [-0.05, 0) is 49.2 Å². The number of rotatable bonds is 5. The topological polar surface area (TPSA) is 87.0 Å². The molecule has 1 saturated heterocycles. The molecule has 1 unspecified atom stereocenters. The maximum Gasteiger partial charge on any atom is 0.274 e. The Bertz CT molecular complexity index is 729. The molecule has 1 fully saturated rings. The zero-order chi connectivity index (χ0) is 16.8. The second-order valence-corrected chi connectivity index (χ2v) is 5.59. The van der Waals surface area contributed by atoms with Crippen molar-refractivity contribution in [3.05, 3.63) is 53.9 Å². The van der Waals surface area contributed by atoms with Gasteiger partial charge in [-0.25, -0.2) is 4.98 Å². The molecular weight excluding hydrogens is 304 g/mol. The summed E-state index contributed by atoms with van der Waals surface area (Å²) in [5.74, 6) is -0.287. The van der Waals surface area contributed by atoms with Gasteiger partial charge in [-0.15, -0.1) is 0 Å². The van der Waals surface area contributed by atoms with Crippen LogP contribution >= 0.6 is 0 Å². The lowest BCUT2D eigenvalue weighted by Gasteiger charge is -2.12. The van der Waals surface area contributed by atoms with E-state index < -0.39 is 0 Å². The first kappa shape index (κ1) is 16.0. The van der Waals surface area contributed by atoms with Gasteiger partial charge < -0.3 is 15.4 Å². The lowest BCUT2D eigenvalue weighted by molar-refractivity contribution is 0.102. The molecule has 24 heavy (non-hydrogen) atoms. The van der Waals surface area contributed by atoms with Gasteiger partial charge in [-0.1, -0.05) is 0 Å². The van der Waals surface area contributed by atoms with Gasteiger partial charge >= 0.3 is 0 Å². The summed E-state index contributed by atoms with van der Waals surface area (Å²) >= 11 is 0. The number of nitrogens with one attached hydrogen (secondary N) is 2. The number of nitriles is 1. The Morgan fingerprint density at radius 2 is 2.04 bits per heavy atom. The lowest BCUT2D eigenvalue weighted by Crippen LogP contribution is -2.19. The number of benzene rings is 1. The Labute approximate surface area is 140 Å². The van der Waals surface area contributed by atoms with Crippen molar-refractivity contribution in [1.82, 2.24) is 4.98 Å². The highest BCUT2D eigenvalue weighted by Gasteiger charge is 2.15. The lowest BCUT2D eigenvalue weighted by atomic mass is 10.2. The number of ether oxygens (including phenoxy) is 1. The van der Waals surface area contributed by atoms with Crippen molar-refractivity contribution in [2.75, 3.05) is 23.8 Å². The fourth-order valence-corrected chi connectivity index (χ4v) is 2.49. The van der Waals surface area contributed by atoms with Gasteiger partial charge in [-0.3, -0.25) is 4.79 Å². The highest BCUT2D eigenvalue weighted by atomic mass is 16.5. The molecule has 1 aromatic carbocycles. The second kappa shape index (κ2) is 7.57. The molecule has 0 bridgehead atoms. The largest absolute Gasteiger partial charge is 0.381 e. The van der Waals surface area contributed by atoms with Crippen LogP contribution in [-0.4, -0.2) is 30.1 Å². The Morgan fingerprint density at radius 3 is 2.67 bits per heavy atom. The molecule has 2 N–H and O–H groups in total. The second-order valence-electron chi connectivity index (χ2n) is 5.59. The molecular formula is C18H18N4O2. The first-order valence-electron chi connectivity index (χ1n) is 7.87. The van der Waals surface area contributed by atoms with Crippen LogP contribution in [0.4, 0.5) is 11.4 Å². The van der Waals surface area contributed by atoms with E-state index in [1.807, 2.05) is 12.1 Å². The van der Waals surface area contributed by atoms with Crippen LogP contribution < -0.4 is 10.6 Å². The van der Waals surface area contributed by atoms with Gasteiger partial charge in [0.2, 0.25) is 0 Å². The molecule has 1 amide bonds. The van der Waals surface area contributed by atoms with Crippen LogP contribution in [0.2, 0.25) is 0 Å². The van der Waals surface area contributed by atoms with Crippen molar-refractivity contribution in [3.63, 3.8) is 0 Å². The predicted molar refractivity (Wildman–Crippen MR) is 90.8 cm³/mol. The minimum atomic E-state index is -0.287. The summed E-state index contributed by atoms with van der Waals surface area (Å²) in [4.78, 5) is 16.4. The molecule has 3 rings (SSSR count). The van der Waals surface area contributed by atoms with Gasteiger partial charge in [0.15, 0.2) is 0 Å². The number of aromatic nitrogens is 1. The van der Waals surface area contributed by atoms with Crippen LogP contribution in [0.3, 0.4) is 0 Å². The van der Waals surface area contributed by atoms with Crippen LogP contribution in [0.5, 0.6) is 0 Å².